The van der Waals surface area contributed by atoms with Crippen molar-refractivity contribution in [2.24, 2.45) is 0 Å². The minimum absolute atomic E-state index is 0.222. The van der Waals surface area contributed by atoms with Crippen molar-refractivity contribution in [3.05, 3.63) is 77.7 Å². The van der Waals surface area contributed by atoms with Gasteiger partial charge in [0.05, 0.1) is 12.3 Å². The van der Waals surface area contributed by atoms with Crippen LogP contribution in [-0.4, -0.2) is 12.5 Å². The summed E-state index contributed by atoms with van der Waals surface area (Å²) in [5.41, 5.74) is 1.65. The lowest BCUT2D eigenvalue weighted by Crippen LogP contribution is -2.12. The Kier molecular flexibility index (Phi) is 5.59. The van der Waals surface area contributed by atoms with Crippen LogP contribution in [0.1, 0.15) is 28.8 Å². The van der Waals surface area contributed by atoms with E-state index in [9.17, 15) is 4.79 Å². The van der Waals surface area contributed by atoms with Crippen molar-refractivity contribution < 1.29 is 18.7 Å². The molecule has 5 heteroatoms. The molecule has 1 heterocycles. The Hall–Kier alpha value is -3.21. The van der Waals surface area contributed by atoms with E-state index in [0.29, 0.717) is 23.8 Å². The van der Waals surface area contributed by atoms with Crippen LogP contribution >= 0.6 is 0 Å². The molecular weight excluding hydrogens is 330 g/mol. The van der Waals surface area contributed by atoms with Gasteiger partial charge >= 0.3 is 0 Å². The second-order valence-electron chi connectivity index (χ2n) is 5.70. The van der Waals surface area contributed by atoms with Gasteiger partial charge in [-0.15, -0.1) is 0 Å². The molecule has 0 radical (unpaired) electrons. The highest BCUT2D eigenvalue weighted by Gasteiger charge is 2.14. The Morgan fingerprint density at radius 1 is 0.962 bits per heavy atom. The normalized spacial score (nSPS) is 10.4. The summed E-state index contributed by atoms with van der Waals surface area (Å²) in [4.78, 5) is 12.4. The van der Waals surface area contributed by atoms with Crippen molar-refractivity contribution in [2.45, 2.75) is 20.5 Å². The Morgan fingerprint density at radius 2 is 1.69 bits per heavy atom. The fourth-order valence-corrected chi connectivity index (χ4v) is 2.48. The fraction of sp³-hybridized carbons (Fsp3) is 0.190. The van der Waals surface area contributed by atoms with Crippen LogP contribution in [0.2, 0.25) is 0 Å². The van der Waals surface area contributed by atoms with Gasteiger partial charge in [-0.05, 0) is 49.7 Å². The first-order valence-electron chi connectivity index (χ1n) is 8.47. The second-order valence-corrected chi connectivity index (χ2v) is 5.70. The van der Waals surface area contributed by atoms with Crippen LogP contribution in [-0.2, 0) is 6.61 Å². The Balaban J connectivity index is 1.64. The first-order chi connectivity index (χ1) is 12.7. The summed E-state index contributed by atoms with van der Waals surface area (Å²) in [5.74, 6) is 1.88. The fourth-order valence-electron chi connectivity index (χ4n) is 2.48. The highest BCUT2D eigenvalue weighted by Crippen LogP contribution is 2.25. The van der Waals surface area contributed by atoms with Gasteiger partial charge in [-0.25, -0.2) is 0 Å². The van der Waals surface area contributed by atoms with Gasteiger partial charge in [-0.1, -0.05) is 30.3 Å². The van der Waals surface area contributed by atoms with E-state index in [1.54, 1.807) is 18.2 Å². The number of amides is 1. The second kappa shape index (κ2) is 8.25. The lowest BCUT2D eigenvalue weighted by atomic mass is 10.2. The molecule has 1 aromatic heterocycles. The van der Waals surface area contributed by atoms with E-state index in [4.69, 9.17) is 13.9 Å². The third kappa shape index (κ3) is 4.25. The summed E-state index contributed by atoms with van der Waals surface area (Å²) in [6.45, 7) is 4.65. The van der Waals surface area contributed by atoms with Crippen LogP contribution in [0.4, 0.5) is 5.69 Å². The SMILES string of the molecule is CCOc1ccccc1NC(=O)c1ccc(COc2ccccc2C)o1. The number of benzene rings is 2. The molecule has 0 unspecified atom stereocenters. The lowest BCUT2D eigenvalue weighted by Gasteiger charge is -2.10. The molecule has 0 aliphatic carbocycles. The standard InChI is InChI=1S/C21H21NO4/c1-3-24-19-11-7-5-9-17(19)22-21(23)20-13-12-16(26-20)14-25-18-10-6-4-8-15(18)2/h4-13H,3,14H2,1-2H3,(H,22,23). The summed E-state index contributed by atoms with van der Waals surface area (Å²) in [6, 6.07) is 18.4. The topological polar surface area (TPSA) is 60.7 Å². The molecule has 0 saturated carbocycles. The van der Waals surface area contributed by atoms with E-state index in [0.717, 1.165) is 11.3 Å². The van der Waals surface area contributed by atoms with E-state index < -0.39 is 0 Å². The molecule has 0 spiro atoms. The molecule has 5 nitrogen and oxygen atoms in total. The van der Waals surface area contributed by atoms with Crippen LogP contribution in [0.3, 0.4) is 0 Å². The molecule has 0 atom stereocenters. The van der Waals surface area contributed by atoms with Gasteiger partial charge in [0.2, 0.25) is 0 Å². The number of hydrogen-bond acceptors (Lipinski definition) is 4. The highest BCUT2D eigenvalue weighted by molar-refractivity contribution is 6.03. The van der Waals surface area contributed by atoms with Crippen molar-refractivity contribution >= 4 is 11.6 Å². The molecule has 3 rings (SSSR count). The number of carbonyl (C=O) groups excluding carboxylic acids is 1. The summed E-state index contributed by atoms with van der Waals surface area (Å²) >= 11 is 0. The highest BCUT2D eigenvalue weighted by atomic mass is 16.5. The van der Waals surface area contributed by atoms with Gasteiger partial charge in [-0.3, -0.25) is 4.79 Å². The predicted molar refractivity (Wildman–Crippen MR) is 99.8 cm³/mol. The molecule has 134 valence electrons. The average Bonchev–Trinajstić information content (AvgIpc) is 3.12. The van der Waals surface area contributed by atoms with Gasteiger partial charge in [0.25, 0.3) is 5.91 Å². The van der Waals surface area contributed by atoms with Crippen molar-refractivity contribution in [3.63, 3.8) is 0 Å². The van der Waals surface area contributed by atoms with Crippen LogP contribution in [0.25, 0.3) is 0 Å². The van der Waals surface area contributed by atoms with Gasteiger partial charge < -0.3 is 19.2 Å². The number of furan rings is 1. The van der Waals surface area contributed by atoms with E-state index in [1.165, 1.54) is 0 Å². The van der Waals surface area contributed by atoms with Gasteiger partial charge in [-0.2, -0.15) is 0 Å². The molecule has 0 bridgehead atoms. The van der Waals surface area contributed by atoms with E-state index in [-0.39, 0.29) is 18.3 Å². The number of para-hydroxylation sites is 3. The molecule has 26 heavy (non-hydrogen) atoms. The maximum Gasteiger partial charge on any atom is 0.291 e. The predicted octanol–water partition coefficient (Wildman–Crippen LogP) is 4.82. The summed E-state index contributed by atoms with van der Waals surface area (Å²) < 4.78 is 16.9. The number of ether oxygens (including phenoxy) is 2. The lowest BCUT2D eigenvalue weighted by molar-refractivity contribution is 0.0992. The first-order valence-corrected chi connectivity index (χ1v) is 8.47. The van der Waals surface area contributed by atoms with E-state index in [1.807, 2.05) is 56.3 Å². The van der Waals surface area contributed by atoms with Gasteiger partial charge in [0, 0.05) is 0 Å². The maximum absolute atomic E-state index is 12.4. The summed E-state index contributed by atoms with van der Waals surface area (Å²) in [6.07, 6.45) is 0. The van der Waals surface area contributed by atoms with Crippen molar-refractivity contribution in [1.29, 1.82) is 0 Å². The van der Waals surface area contributed by atoms with E-state index in [2.05, 4.69) is 5.32 Å². The van der Waals surface area contributed by atoms with Crippen molar-refractivity contribution in [3.8, 4) is 11.5 Å². The smallest absolute Gasteiger partial charge is 0.291 e. The number of anilines is 1. The molecule has 0 saturated heterocycles. The largest absolute Gasteiger partial charge is 0.492 e. The van der Waals surface area contributed by atoms with Crippen LogP contribution in [0, 0.1) is 6.92 Å². The van der Waals surface area contributed by atoms with Crippen LogP contribution in [0.15, 0.2) is 65.1 Å². The number of aryl methyl sites for hydroxylation is 1. The number of hydrogen-bond donors (Lipinski definition) is 1. The minimum atomic E-state index is -0.334. The van der Waals surface area contributed by atoms with Gasteiger partial charge in [0.15, 0.2) is 5.76 Å². The molecule has 3 aromatic rings. The number of nitrogens with one attached hydrogen (secondary N) is 1. The first kappa shape index (κ1) is 17.6. The number of carbonyl (C=O) groups is 1. The summed E-state index contributed by atoms with van der Waals surface area (Å²) in [7, 11) is 0. The number of rotatable bonds is 7. The Morgan fingerprint density at radius 3 is 2.46 bits per heavy atom. The molecule has 2 aromatic carbocycles. The molecule has 1 N–H and O–H groups in total. The minimum Gasteiger partial charge on any atom is -0.492 e. The molecule has 0 aliphatic heterocycles. The average molecular weight is 351 g/mol. The third-order valence-electron chi connectivity index (χ3n) is 3.78. The quantitative estimate of drug-likeness (QED) is 0.663. The zero-order valence-electron chi connectivity index (χ0n) is 14.8. The van der Waals surface area contributed by atoms with E-state index >= 15 is 0 Å². The Labute approximate surface area is 152 Å². The summed E-state index contributed by atoms with van der Waals surface area (Å²) in [5, 5.41) is 2.81. The van der Waals surface area contributed by atoms with Crippen LogP contribution in [0.5, 0.6) is 11.5 Å². The van der Waals surface area contributed by atoms with Gasteiger partial charge in [0.1, 0.15) is 23.9 Å². The molecular formula is C21H21NO4. The zero-order chi connectivity index (χ0) is 18.4. The third-order valence-corrected chi connectivity index (χ3v) is 3.78. The van der Waals surface area contributed by atoms with Crippen LogP contribution < -0.4 is 14.8 Å². The van der Waals surface area contributed by atoms with Crippen molar-refractivity contribution in [2.75, 3.05) is 11.9 Å². The zero-order valence-corrected chi connectivity index (χ0v) is 14.8. The molecule has 0 fully saturated rings. The maximum atomic E-state index is 12.4. The Bertz CT molecular complexity index is 885. The molecule has 0 aliphatic rings. The monoisotopic (exact) mass is 351 g/mol. The van der Waals surface area contributed by atoms with Crippen molar-refractivity contribution in [1.82, 2.24) is 0 Å². The molecule has 1 amide bonds.